The average Bonchev–Trinajstić information content (AvgIpc) is 2.91. The normalized spacial score (nSPS) is 24.3. The Morgan fingerprint density at radius 2 is 1.24 bits per heavy atom. The molecule has 0 radical (unpaired) electrons. The molecule has 0 bridgehead atoms. The highest BCUT2D eigenvalue weighted by Crippen LogP contribution is 2.38. The van der Waals surface area contributed by atoms with E-state index < -0.39 is 40.8 Å². The zero-order valence-corrected chi connectivity index (χ0v) is 23.2. The monoisotopic (exact) mass is 582 g/mol. The molecule has 0 spiro atoms. The molecule has 0 aliphatic heterocycles. The quantitative estimate of drug-likeness (QED) is 0.211. The highest BCUT2D eigenvalue weighted by Gasteiger charge is 2.39. The first-order valence-corrected chi connectivity index (χ1v) is 14.5. The molecule has 2 aliphatic rings. The number of allylic oxidation sites excluding steroid dienone is 4. The number of alkyl halides is 5. The molecule has 2 aromatic rings. The molecule has 41 heavy (non-hydrogen) atoms. The molecule has 0 amide bonds. The van der Waals surface area contributed by atoms with Crippen LogP contribution in [0.25, 0.3) is 0 Å². The van der Waals surface area contributed by atoms with Crippen LogP contribution in [0.3, 0.4) is 0 Å². The number of halogens is 7. The molecule has 0 saturated heterocycles. The molecule has 0 atom stereocenters. The third-order valence-electron chi connectivity index (χ3n) is 8.51. The van der Waals surface area contributed by atoms with Gasteiger partial charge in [-0.05, 0) is 125 Å². The maximum atomic E-state index is 14.7. The SMILES string of the molecule is C/C=C/C1CCC(/C=C/C2CCC(CCc3ccc(C(F)(F)Oc4ccc(C(F)(F)F)c(F)c4)c(F)c3)CC2)CC1. The van der Waals surface area contributed by atoms with E-state index in [2.05, 4.69) is 36.0 Å². The number of hydrogen-bond donors (Lipinski definition) is 0. The van der Waals surface area contributed by atoms with E-state index in [0.717, 1.165) is 50.2 Å². The van der Waals surface area contributed by atoms with E-state index in [1.807, 2.05) is 0 Å². The fraction of sp³-hybridized carbons (Fsp3) is 0.515. The lowest BCUT2D eigenvalue weighted by Crippen LogP contribution is -2.24. The van der Waals surface area contributed by atoms with E-state index in [1.165, 1.54) is 31.7 Å². The molecule has 2 aromatic carbocycles. The number of benzene rings is 2. The highest BCUT2D eigenvalue weighted by atomic mass is 19.4. The van der Waals surface area contributed by atoms with Crippen molar-refractivity contribution in [3.63, 3.8) is 0 Å². The van der Waals surface area contributed by atoms with E-state index in [1.54, 1.807) is 0 Å². The van der Waals surface area contributed by atoms with Crippen molar-refractivity contribution >= 4 is 0 Å². The fourth-order valence-corrected chi connectivity index (χ4v) is 6.10. The van der Waals surface area contributed by atoms with Gasteiger partial charge in [0.2, 0.25) is 0 Å². The molecule has 0 unspecified atom stereocenters. The van der Waals surface area contributed by atoms with E-state index >= 15 is 0 Å². The second-order valence-corrected chi connectivity index (χ2v) is 11.5. The lowest BCUT2D eigenvalue weighted by atomic mass is 9.78. The zero-order chi connectivity index (χ0) is 29.6. The number of hydrogen-bond acceptors (Lipinski definition) is 1. The topological polar surface area (TPSA) is 9.23 Å². The van der Waals surface area contributed by atoms with Crippen LogP contribution in [0.4, 0.5) is 30.7 Å². The van der Waals surface area contributed by atoms with Gasteiger partial charge in [-0.15, -0.1) is 0 Å². The Kier molecular flexibility index (Phi) is 10.2. The van der Waals surface area contributed by atoms with Crippen LogP contribution in [0, 0.1) is 35.3 Å². The molecule has 0 heterocycles. The number of ether oxygens (including phenoxy) is 1. The average molecular weight is 583 g/mol. The summed E-state index contributed by atoms with van der Waals surface area (Å²) in [6.45, 7) is 2.08. The Labute approximate surface area is 237 Å². The summed E-state index contributed by atoms with van der Waals surface area (Å²) in [6.07, 6.45) is 10.9. The van der Waals surface area contributed by atoms with Gasteiger partial charge in [-0.25, -0.2) is 8.78 Å². The van der Waals surface area contributed by atoms with E-state index in [9.17, 15) is 30.7 Å². The van der Waals surface area contributed by atoms with Crippen LogP contribution in [0.1, 0.15) is 81.4 Å². The molecule has 0 aromatic heterocycles. The molecular weight excluding hydrogens is 545 g/mol. The van der Waals surface area contributed by atoms with Gasteiger partial charge in [0.15, 0.2) is 0 Å². The number of aryl methyl sites for hydroxylation is 1. The maximum absolute atomic E-state index is 14.7. The molecule has 2 aliphatic carbocycles. The Bertz CT molecular complexity index is 1200. The Morgan fingerprint density at radius 1 is 0.707 bits per heavy atom. The standard InChI is InChI=1S/C33H37F7O/c1-2-3-22-4-6-23(7-5-22)8-9-24-10-12-25(13-11-24)14-15-26-16-18-29(30(34)20-26)33(39,40)41-27-17-19-28(31(35)21-27)32(36,37)38/h2-3,8-9,16-25H,4-7,10-15H2,1H3/b3-2+,9-8+. The van der Waals surface area contributed by atoms with Crippen molar-refractivity contribution in [1.82, 2.24) is 0 Å². The maximum Gasteiger partial charge on any atom is 0.429 e. The summed E-state index contributed by atoms with van der Waals surface area (Å²) in [5.74, 6) is -1.28. The largest absolute Gasteiger partial charge is 0.429 e. The summed E-state index contributed by atoms with van der Waals surface area (Å²) < 4.78 is 100. The molecule has 8 heteroatoms. The molecule has 2 saturated carbocycles. The molecular formula is C33H37F7O. The van der Waals surface area contributed by atoms with Gasteiger partial charge in [0.1, 0.15) is 17.4 Å². The lowest BCUT2D eigenvalue weighted by Gasteiger charge is -2.28. The van der Waals surface area contributed by atoms with Gasteiger partial charge in [0.05, 0.1) is 11.1 Å². The van der Waals surface area contributed by atoms with Gasteiger partial charge < -0.3 is 4.74 Å². The predicted octanol–water partition coefficient (Wildman–Crippen LogP) is 10.8. The van der Waals surface area contributed by atoms with Gasteiger partial charge in [-0.3, -0.25) is 0 Å². The van der Waals surface area contributed by atoms with Crippen molar-refractivity contribution < 1.29 is 35.5 Å². The Morgan fingerprint density at radius 3 is 1.78 bits per heavy atom. The van der Waals surface area contributed by atoms with Gasteiger partial charge in [0.25, 0.3) is 0 Å². The summed E-state index contributed by atoms with van der Waals surface area (Å²) in [5, 5.41) is 0. The van der Waals surface area contributed by atoms with Crippen LogP contribution < -0.4 is 4.74 Å². The zero-order valence-electron chi connectivity index (χ0n) is 23.2. The van der Waals surface area contributed by atoms with Gasteiger partial charge >= 0.3 is 12.3 Å². The minimum absolute atomic E-state index is 0.212. The summed E-state index contributed by atoms with van der Waals surface area (Å²) in [5.41, 5.74) is -2.09. The highest BCUT2D eigenvalue weighted by molar-refractivity contribution is 5.33. The first kappa shape index (κ1) is 31.2. The lowest BCUT2D eigenvalue weighted by molar-refractivity contribution is -0.187. The minimum atomic E-state index is -4.98. The van der Waals surface area contributed by atoms with Gasteiger partial charge in [-0.2, -0.15) is 22.0 Å². The predicted molar refractivity (Wildman–Crippen MR) is 145 cm³/mol. The molecule has 1 nitrogen and oxygen atoms in total. The fourth-order valence-electron chi connectivity index (χ4n) is 6.10. The minimum Gasteiger partial charge on any atom is -0.429 e. The molecule has 224 valence electrons. The summed E-state index contributed by atoms with van der Waals surface area (Å²) in [6, 6.07) is 4.46. The van der Waals surface area contributed by atoms with Crippen LogP contribution in [0.2, 0.25) is 0 Å². The summed E-state index contributed by atoms with van der Waals surface area (Å²) >= 11 is 0. The van der Waals surface area contributed by atoms with Crippen molar-refractivity contribution in [2.45, 2.75) is 83.4 Å². The molecule has 2 fully saturated rings. The van der Waals surface area contributed by atoms with Crippen molar-refractivity contribution in [2.75, 3.05) is 0 Å². The van der Waals surface area contributed by atoms with Crippen LogP contribution in [-0.4, -0.2) is 0 Å². The van der Waals surface area contributed by atoms with Crippen LogP contribution >= 0.6 is 0 Å². The molecule has 0 N–H and O–H groups in total. The van der Waals surface area contributed by atoms with E-state index in [-0.39, 0.29) is 6.07 Å². The van der Waals surface area contributed by atoms with Gasteiger partial charge in [-0.1, -0.05) is 30.4 Å². The van der Waals surface area contributed by atoms with Crippen molar-refractivity contribution in [1.29, 1.82) is 0 Å². The summed E-state index contributed by atoms with van der Waals surface area (Å²) in [4.78, 5) is 0. The van der Waals surface area contributed by atoms with Crippen LogP contribution in [-0.2, 0) is 18.7 Å². The van der Waals surface area contributed by atoms with E-state index in [4.69, 9.17) is 0 Å². The summed E-state index contributed by atoms with van der Waals surface area (Å²) in [7, 11) is 0. The van der Waals surface area contributed by atoms with Crippen molar-refractivity contribution in [2.24, 2.45) is 23.7 Å². The smallest absolute Gasteiger partial charge is 0.429 e. The van der Waals surface area contributed by atoms with Crippen LogP contribution in [0.5, 0.6) is 5.75 Å². The second kappa shape index (κ2) is 13.5. The number of rotatable bonds is 9. The van der Waals surface area contributed by atoms with E-state index in [0.29, 0.717) is 41.9 Å². The second-order valence-electron chi connectivity index (χ2n) is 11.5. The van der Waals surface area contributed by atoms with Crippen LogP contribution in [0.15, 0.2) is 60.7 Å². The Balaban J connectivity index is 1.24. The van der Waals surface area contributed by atoms with Crippen molar-refractivity contribution in [3.8, 4) is 5.75 Å². The first-order valence-electron chi connectivity index (χ1n) is 14.5. The molecule has 4 rings (SSSR count). The third kappa shape index (κ3) is 8.62. The first-order chi connectivity index (χ1) is 19.4. The van der Waals surface area contributed by atoms with Crippen molar-refractivity contribution in [3.05, 3.63) is 89.0 Å². The third-order valence-corrected chi connectivity index (χ3v) is 8.51. The Hall–Kier alpha value is -2.77. The van der Waals surface area contributed by atoms with Gasteiger partial charge in [0, 0.05) is 6.07 Å².